The van der Waals surface area contributed by atoms with Gasteiger partial charge in [0.2, 0.25) is 0 Å². The van der Waals surface area contributed by atoms with Gasteiger partial charge in [0, 0.05) is 0 Å². The summed E-state index contributed by atoms with van der Waals surface area (Å²) in [5.74, 6) is 0. The van der Waals surface area contributed by atoms with Crippen molar-refractivity contribution in [3.05, 3.63) is 23.9 Å². The molecule has 0 fully saturated rings. The maximum absolute atomic E-state index is 8.24. The van der Waals surface area contributed by atoms with E-state index in [4.69, 9.17) is 10.2 Å². The number of isocyanates is 1. The normalized spacial score (nSPS) is 6.00. The molecule has 0 saturated carbocycles. The number of aromatic nitrogens is 1. The summed E-state index contributed by atoms with van der Waals surface area (Å²) in [6, 6.07) is 1.72. The van der Waals surface area contributed by atoms with Gasteiger partial charge in [0.05, 0.1) is 6.20 Å². The highest BCUT2D eigenvalue weighted by Gasteiger charge is 1.60. The Labute approximate surface area is 45.6 Å². The molecule has 0 unspecified atom stereocenters. The first-order valence-corrected chi connectivity index (χ1v) is 1.77. The Kier molecular flexibility index (Phi) is 4.60. The van der Waals surface area contributed by atoms with Crippen LogP contribution in [0.3, 0.4) is 0 Å². The monoisotopic (exact) mass is 111 g/mol. The molecule has 42 valence electrons. The van der Waals surface area contributed by atoms with E-state index in [1.165, 1.54) is 6.26 Å². The molecule has 0 atom stereocenters. The van der Waals surface area contributed by atoms with Gasteiger partial charge >= 0.3 is 0 Å². The summed E-state index contributed by atoms with van der Waals surface area (Å²) in [6.45, 7) is 0. The van der Waals surface area contributed by atoms with Crippen molar-refractivity contribution >= 4 is 6.08 Å². The minimum absolute atomic E-state index is 0.500. The van der Waals surface area contributed by atoms with Gasteiger partial charge in [-0.1, -0.05) is 5.16 Å². The molecule has 0 N–H and O–H groups in total. The Balaban J connectivity index is 0.000000145. The second kappa shape index (κ2) is 5.59. The minimum atomic E-state index is 0.500. The molecule has 0 saturated heterocycles. The van der Waals surface area contributed by atoms with E-state index in [2.05, 4.69) is 9.68 Å². The fraction of sp³-hybridized carbons (Fsp3) is 0. The van der Waals surface area contributed by atoms with E-state index in [9.17, 15) is 0 Å². The predicted octanol–water partition coefficient (Wildman–Crippen LogP) is 0.566. The van der Waals surface area contributed by atoms with Gasteiger partial charge in [0.1, 0.15) is 6.26 Å². The van der Waals surface area contributed by atoms with Crippen LogP contribution in [-0.4, -0.2) is 11.2 Å². The Bertz CT molecular complexity index is 124. The summed E-state index contributed by atoms with van der Waals surface area (Å²) in [6.07, 6.45) is 3.60. The minimum Gasteiger partial charge on any atom is -0.724 e. The molecule has 4 heteroatoms. The lowest BCUT2D eigenvalue weighted by atomic mass is 10.8. The maximum atomic E-state index is 8.24. The van der Waals surface area contributed by atoms with E-state index in [0.29, 0.717) is 6.08 Å². The number of hydrogen-bond acceptors (Lipinski definition) is 3. The molecule has 0 aliphatic carbocycles. The largest absolute Gasteiger partial charge is 0.724 e. The molecule has 0 aromatic carbocycles. The fourth-order valence-electron chi connectivity index (χ4n) is 0.176. The lowest BCUT2D eigenvalue weighted by Crippen LogP contribution is -1.38. The van der Waals surface area contributed by atoms with Gasteiger partial charge in [-0.15, -0.1) is 0 Å². The van der Waals surface area contributed by atoms with Crippen LogP contribution in [0.25, 0.3) is 5.41 Å². The average Bonchev–Trinajstić information content (AvgIpc) is 2.17. The summed E-state index contributed by atoms with van der Waals surface area (Å²) in [4.78, 5) is 8.24. The van der Waals surface area contributed by atoms with Crippen LogP contribution in [0.2, 0.25) is 0 Å². The fourth-order valence-corrected chi connectivity index (χ4v) is 0.176. The van der Waals surface area contributed by atoms with Gasteiger partial charge in [-0.25, -0.2) is 0 Å². The molecule has 4 nitrogen and oxygen atoms in total. The quantitative estimate of drug-likeness (QED) is 0.363. The predicted molar refractivity (Wildman–Crippen MR) is 25.6 cm³/mol. The third-order valence-corrected chi connectivity index (χ3v) is 0.347. The van der Waals surface area contributed by atoms with Gasteiger partial charge < -0.3 is 9.93 Å². The van der Waals surface area contributed by atoms with Crippen LogP contribution in [0.5, 0.6) is 0 Å². The molecule has 0 aliphatic heterocycles. The van der Waals surface area contributed by atoms with Crippen molar-refractivity contribution in [2.24, 2.45) is 0 Å². The van der Waals surface area contributed by atoms with Crippen molar-refractivity contribution in [3.63, 3.8) is 0 Å². The summed E-state index contributed by atoms with van der Waals surface area (Å²) in [5, 5.41) is 10.1. The molecule has 1 aromatic heterocycles. The lowest BCUT2D eigenvalue weighted by molar-refractivity contribution is 0.420. The van der Waals surface area contributed by atoms with Gasteiger partial charge in [-0.05, 0) is 12.1 Å². The number of hydrogen-bond donors (Lipinski definition) is 0. The van der Waals surface area contributed by atoms with Crippen LogP contribution < -0.4 is 0 Å². The second-order valence-corrected chi connectivity index (χ2v) is 0.780. The van der Waals surface area contributed by atoms with E-state index in [-0.39, 0.29) is 0 Å². The number of rotatable bonds is 0. The van der Waals surface area contributed by atoms with Crippen LogP contribution in [0.15, 0.2) is 23.0 Å². The van der Waals surface area contributed by atoms with Crippen molar-refractivity contribution in [2.75, 3.05) is 0 Å². The van der Waals surface area contributed by atoms with Crippen LogP contribution in [-0.2, 0) is 4.79 Å². The highest BCUT2D eigenvalue weighted by atomic mass is 16.5. The standard InChI is InChI=1S/C3H3NO.CNO/c1-2-4-5-3-1;2-1-3/h1-3H;/q;-1. The van der Waals surface area contributed by atoms with Crippen molar-refractivity contribution in [1.29, 1.82) is 0 Å². The summed E-state index contributed by atoms with van der Waals surface area (Å²) >= 11 is 0. The van der Waals surface area contributed by atoms with Crippen molar-refractivity contribution in [1.82, 2.24) is 5.16 Å². The zero-order chi connectivity index (χ0) is 6.24. The first-order chi connectivity index (χ1) is 3.91. The lowest BCUT2D eigenvalue weighted by Gasteiger charge is -1.48. The third kappa shape index (κ3) is 4.59. The zero-order valence-electron chi connectivity index (χ0n) is 3.94. The molecule has 0 amide bonds. The van der Waals surface area contributed by atoms with E-state index in [1.54, 1.807) is 12.3 Å². The summed E-state index contributed by atoms with van der Waals surface area (Å²) in [7, 11) is 0. The Morgan fingerprint density at radius 1 is 1.75 bits per heavy atom. The Hall–Kier alpha value is -1.41. The van der Waals surface area contributed by atoms with Crippen molar-refractivity contribution in [3.8, 4) is 0 Å². The topological polar surface area (TPSA) is 65.4 Å². The SMILES string of the molecule is [N-]=C=O.c1cnoc1. The van der Waals surface area contributed by atoms with Crippen molar-refractivity contribution < 1.29 is 9.32 Å². The molecule has 1 rings (SSSR count). The molecule has 0 radical (unpaired) electrons. The van der Waals surface area contributed by atoms with Gasteiger partial charge in [-0.3, -0.25) is 4.79 Å². The molecule has 0 aliphatic rings. The van der Waals surface area contributed by atoms with E-state index < -0.39 is 0 Å². The van der Waals surface area contributed by atoms with Gasteiger partial charge in [0.25, 0.3) is 0 Å². The molecule has 8 heavy (non-hydrogen) atoms. The van der Waals surface area contributed by atoms with Gasteiger partial charge in [0.15, 0.2) is 0 Å². The first-order valence-electron chi connectivity index (χ1n) is 1.77. The average molecular weight is 111 g/mol. The second-order valence-electron chi connectivity index (χ2n) is 0.780. The van der Waals surface area contributed by atoms with Crippen LogP contribution in [0, 0.1) is 0 Å². The highest BCUT2D eigenvalue weighted by Crippen LogP contribution is 1.72. The van der Waals surface area contributed by atoms with Crippen LogP contribution in [0.1, 0.15) is 0 Å². The number of carbonyl (C=O) groups excluding carboxylic acids is 1. The summed E-state index contributed by atoms with van der Waals surface area (Å²) in [5.41, 5.74) is 0. The molecular formula is C4H3N2O2-. The zero-order valence-corrected chi connectivity index (χ0v) is 3.94. The molecule has 1 heterocycles. The van der Waals surface area contributed by atoms with Gasteiger partial charge in [-0.2, -0.15) is 0 Å². The Morgan fingerprint density at radius 2 is 2.38 bits per heavy atom. The molecule has 1 aromatic rings. The summed E-state index contributed by atoms with van der Waals surface area (Å²) < 4.78 is 4.33. The maximum Gasteiger partial charge on any atom is 0.123 e. The smallest absolute Gasteiger partial charge is 0.123 e. The number of nitrogens with zero attached hydrogens (tertiary/aromatic N) is 2. The first kappa shape index (κ1) is 6.59. The molecule has 0 bridgehead atoms. The van der Waals surface area contributed by atoms with E-state index in [0.717, 1.165) is 0 Å². The molecular weight excluding hydrogens is 108 g/mol. The van der Waals surface area contributed by atoms with E-state index >= 15 is 0 Å². The Morgan fingerprint density at radius 3 is 2.50 bits per heavy atom. The molecule has 0 spiro atoms. The van der Waals surface area contributed by atoms with Crippen LogP contribution in [0.4, 0.5) is 0 Å². The highest BCUT2D eigenvalue weighted by molar-refractivity contribution is 5.36. The van der Waals surface area contributed by atoms with Crippen molar-refractivity contribution in [2.45, 2.75) is 0 Å². The van der Waals surface area contributed by atoms with E-state index in [1.807, 2.05) is 0 Å². The third-order valence-electron chi connectivity index (χ3n) is 0.347. The van der Waals surface area contributed by atoms with Crippen LogP contribution >= 0.6 is 0 Å².